The van der Waals surface area contributed by atoms with Crippen LogP contribution >= 0.6 is 0 Å². The first kappa shape index (κ1) is 18.4. The number of amides is 1. The SMILES string of the molecule is COc1ccc(C)cc1Nc1cc(C(=O)Nc2ccc(C)cc2C)ncn1. The van der Waals surface area contributed by atoms with Crippen molar-refractivity contribution in [3.05, 3.63) is 71.2 Å². The second-order valence-electron chi connectivity index (χ2n) is 6.39. The van der Waals surface area contributed by atoms with Gasteiger partial charge in [0, 0.05) is 11.8 Å². The highest BCUT2D eigenvalue weighted by Gasteiger charge is 2.12. The zero-order valence-electron chi connectivity index (χ0n) is 15.8. The molecule has 2 aromatic carbocycles. The number of nitrogens with zero attached hydrogens (tertiary/aromatic N) is 2. The first-order valence-corrected chi connectivity index (χ1v) is 8.58. The highest BCUT2D eigenvalue weighted by atomic mass is 16.5. The fourth-order valence-electron chi connectivity index (χ4n) is 2.75. The van der Waals surface area contributed by atoms with Gasteiger partial charge in [0.1, 0.15) is 23.6 Å². The standard InChI is InChI=1S/C21H22N4O2/c1-13-5-7-16(15(3)9-13)25-21(26)18-11-20(23-12-22-18)24-17-10-14(2)6-8-19(17)27-4/h5-12H,1-4H3,(H,25,26)(H,22,23,24). The van der Waals surface area contributed by atoms with Gasteiger partial charge in [0.2, 0.25) is 0 Å². The number of nitrogens with one attached hydrogen (secondary N) is 2. The lowest BCUT2D eigenvalue weighted by Gasteiger charge is -2.12. The van der Waals surface area contributed by atoms with Gasteiger partial charge in [0.05, 0.1) is 12.8 Å². The molecule has 0 atom stereocenters. The normalized spacial score (nSPS) is 10.4. The minimum atomic E-state index is -0.288. The monoisotopic (exact) mass is 362 g/mol. The average molecular weight is 362 g/mol. The van der Waals surface area contributed by atoms with Crippen LogP contribution in [0.1, 0.15) is 27.2 Å². The number of hydrogen-bond acceptors (Lipinski definition) is 5. The Morgan fingerprint density at radius 3 is 2.41 bits per heavy atom. The Morgan fingerprint density at radius 2 is 1.67 bits per heavy atom. The number of aryl methyl sites for hydroxylation is 3. The number of carbonyl (C=O) groups is 1. The van der Waals surface area contributed by atoms with Crippen LogP contribution in [0.15, 0.2) is 48.8 Å². The number of ether oxygens (including phenoxy) is 1. The van der Waals surface area contributed by atoms with Gasteiger partial charge in [-0.25, -0.2) is 9.97 Å². The Balaban J connectivity index is 1.81. The molecule has 0 spiro atoms. The van der Waals surface area contributed by atoms with Crippen molar-refractivity contribution in [2.45, 2.75) is 20.8 Å². The van der Waals surface area contributed by atoms with Gasteiger partial charge >= 0.3 is 0 Å². The molecule has 138 valence electrons. The Bertz CT molecular complexity index is 986. The van der Waals surface area contributed by atoms with Crippen molar-refractivity contribution >= 4 is 23.1 Å². The first-order valence-electron chi connectivity index (χ1n) is 8.58. The highest BCUT2D eigenvalue weighted by Crippen LogP contribution is 2.28. The maximum atomic E-state index is 12.6. The first-order chi connectivity index (χ1) is 13.0. The highest BCUT2D eigenvalue weighted by molar-refractivity contribution is 6.03. The van der Waals surface area contributed by atoms with Crippen LogP contribution in [-0.4, -0.2) is 23.0 Å². The number of rotatable bonds is 5. The second kappa shape index (κ2) is 7.86. The molecule has 27 heavy (non-hydrogen) atoms. The molecule has 1 amide bonds. The van der Waals surface area contributed by atoms with Crippen LogP contribution in [0, 0.1) is 20.8 Å². The molecular weight excluding hydrogens is 340 g/mol. The smallest absolute Gasteiger partial charge is 0.274 e. The Labute approximate surface area is 158 Å². The summed E-state index contributed by atoms with van der Waals surface area (Å²) in [7, 11) is 1.61. The van der Waals surface area contributed by atoms with Crippen LogP contribution < -0.4 is 15.4 Å². The molecule has 3 aromatic rings. The molecule has 1 heterocycles. The molecule has 0 bridgehead atoms. The van der Waals surface area contributed by atoms with E-state index in [9.17, 15) is 4.79 Å². The number of carbonyl (C=O) groups excluding carboxylic acids is 1. The molecular formula is C21H22N4O2. The third kappa shape index (κ3) is 4.41. The number of aromatic nitrogens is 2. The molecule has 6 heteroatoms. The molecule has 0 radical (unpaired) electrons. The van der Waals surface area contributed by atoms with Gasteiger partial charge < -0.3 is 15.4 Å². The molecule has 2 N–H and O–H groups in total. The summed E-state index contributed by atoms with van der Waals surface area (Å²) in [6.07, 6.45) is 1.36. The van der Waals surface area contributed by atoms with E-state index in [0.29, 0.717) is 11.6 Å². The zero-order valence-corrected chi connectivity index (χ0v) is 15.8. The van der Waals surface area contributed by atoms with Crippen LogP contribution in [0.2, 0.25) is 0 Å². The van der Waals surface area contributed by atoms with Gasteiger partial charge in [-0.05, 0) is 50.1 Å². The molecule has 0 fully saturated rings. The van der Waals surface area contributed by atoms with Crippen LogP contribution in [-0.2, 0) is 0 Å². The summed E-state index contributed by atoms with van der Waals surface area (Å²) < 4.78 is 5.37. The van der Waals surface area contributed by atoms with E-state index in [-0.39, 0.29) is 11.6 Å². The van der Waals surface area contributed by atoms with Gasteiger partial charge in [-0.15, -0.1) is 0 Å². The summed E-state index contributed by atoms with van der Waals surface area (Å²) in [6, 6.07) is 13.3. The van der Waals surface area contributed by atoms with Gasteiger partial charge in [0.25, 0.3) is 5.91 Å². The van der Waals surface area contributed by atoms with Crippen LogP contribution in [0.5, 0.6) is 5.75 Å². The van der Waals surface area contributed by atoms with E-state index in [0.717, 1.165) is 28.1 Å². The van der Waals surface area contributed by atoms with Crippen LogP contribution in [0.3, 0.4) is 0 Å². The van der Waals surface area contributed by atoms with Gasteiger partial charge in [-0.1, -0.05) is 23.8 Å². The third-order valence-electron chi connectivity index (χ3n) is 4.15. The molecule has 0 aliphatic rings. The molecule has 0 aliphatic carbocycles. The van der Waals surface area contributed by atoms with Crippen LogP contribution in [0.25, 0.3) is 0 Å². The van der Waals surface area contributed by atoms with E-state index in [4.69, 9.17) is 4.74 Å². The second-order valence-corrected chi connectivity index (χ2v) is 6.39. The zero-order chi connectivity index (χ0) is 19.4. The predicted molar refractivity (Wildman–Crippen MR) is 107 cm³/mol. The molecule has 0 saturated carbocycles. The van der Waals surface area contributed by atoms with Crippen molar-refractivity contribution < 1.29 is 9.53 Å². The lowest BCUT2D eigenvalue weighted by atomic mass is 10.1. The van der Waals surface area contributed by atoms with Crippen molar-refractivity contribution in [3.63, 3.8) is 0 Å². The fraction of sp³-hybridized carbons (Fsp3) is 0.190. The van der Waals surface area contributed by atoms with Crippen molar-refractivity contribution in [2.24, 2.45) is 0 Å². The van der Waals surface area contributed by atoms with Crippen LogP contribution in [0.4, 0.5) is 17.2 Å². The number of methoxy groups -OCH3 is 1. The predicted octanol–water partition coefficient (Wildman–Crippen LogP) is 4.41. The van der Waals surface area contributed by atoms with Crippen molar-refractivity contribution in [1.29, 1.82) is 0 Å². The topological polar surface area (TPSA) is 76.1 Å². The summed E-state index contributed by atoms with van der Waals surface area (Å²) >= 11 is 0. The molecule has 0 saturated heterocycles. The Kier molecular flexibility index (Phi) is 5.35. The van der Waals surface area contributed by atoms with Gasteiger partial charge in [0.15, 0.2) is 0 Å². The minimum Gasteiger partial charge on any atom is -0.495 e. The summed E-state index contributed by atoms with van der Waals surface area (Å²) in [5.41, 5.74) is 5.04. The number of benzene rings is 2. The van der Waals surface area contributed by atoms with E-state index in [2.05, 4.69) is 20.6 Å². The molecule has 1 aromatic heterocycles. The fourth-order valence-corrected chi connectivity index (χ4v) is 2.75. The summed E-state index contributed by atoms with van der Waals surface area (Å²) in [5, 5.41) is 6.08. The largest absolute Gasteiger partial charge is 0.495 e. The van der Waals surface area contributed by atoms with Crippen molar-refractivity contribution in [3.8, 4) is 5.75 Å². The van der Waals surface area contributed by atoms with E-state index < -0.39 is 0 Å². The maximum absolute atomic E-state index is 12.6. The number of anilines is 3. The third-order valence-corrected chi connectivity index (χ3v) is 4.15. The molecule has 0 unspecified atom stereocenters. The van der Waals surface area contributed by atoms with E-state index in [1.165, 1.54) is 6.33 Å². The van der Waals surface area contributed by atoms with E-state index >= 15 is 0 Å². The maximum Gasteiger partial charge on any atom is 0.274 e. The van der Waals surface area contributed by atoms with Gasteiger partial charge in [-0.2, -0.15) is 0 Å². The minimum absolute atomic E-state index is 0.277. The number of hydrogen-bond donors (Lipinski definition) is 2. The van der Waals surface area contributed by atoms with Crippen molar-refractivity contribution in [1.82, 2.24) is 9.97 Å². The quantitative estimate of drug-likeness (QED) is 0.703. The Morgan fingerprint density at radius 1 is 0.926 bits per heavy atom. The Hall–Kier alpha value is -3.41. The van der Waals surface area contributed by atoms with E-state index in [1.807, 2.05) is 57.2 Å². The molecule has 6 nitrogen and oxygen atoms in total. The molecule has 3 rings (SSSR count). The average Bonchev–Trinajstić information content (AvgIpc) is 2.64. The summed E-state index contributed by atoms with van der Waals surface area (Å²) in [5.74, 6) is 0.920. The summed E-state index contributed by atoms with van der Waals surface area (Å²) in [4.78, 5) is 20.9. The van der Waals surface area contributed by atoms with Gasteiger partial charge in [-0.3, -0.25) is 4.79 Å². The lowest BCUT2D eigenvalue weighted by molar-refractivity contribution is 0.102. The van der Waals surface area contributed by atoms with Crippen molar-refractivity contribution in [2.75, 3.05) is 17.7 Å². The van der Waals surface area contributed by atoms with E-state index in [1.54, 1.807) is 13.2 Å². The molecule has 0 aliphatic heterocycles. The lowest BCUT2D eigenvalue weighted by Crippen LogP contribution is -2.15. The summed E-state index contributed by atoms with van der Waals surface area (Å²) in [6.45, 7) is 5.97.